The van der Waals surface area contributed by atoms with Gasteiger partial charge < -0.3 is 15.8 Å². The molecule has 1 aliphatic carbocycles. The van der Waals surface area contributed by atoms with Crippen molar-refractivity contribution in [2.45, 2.75) is 31.2 Å². The second-order valence-corrected chi connectivity index (χ2v) is 4.81. The number of nitriles is 1. The minimum atomic E-state index is -0.693. The van der Waals surface area contributed by atoms with Gasteiger partial charge >= 0.3 is 0 Å². The van der Waals surface area contributed by atoms with Gasteiger partial charge in [-0.3, -0.25) is 4.79 Å². The fourth-order valence-electron chi connectivity index (χ4n) is 2.26. The van der Waals surface area contributed by atoms with Crippen molar-refractivity contribution in [1.82, 2.24) is 5.32 Å². The Morgan fingerprint density at radius 1 is 1.37 bits per heavy atom. The van der Waals surface area contributed by atoms with Gasteiger partial charge in [0.15, 0.2) is 6.61 Å². The number of carbonyl (C=O) groups is 1. The van der Waals surface area contributed by atoms with Crippen molar-refractivity contribution in [3.05, 3.63) is 24.3 Å². The van der Waals surface area contributed by atoms with E-state index in [0.717, 1.165) is 25.7 Å². The Bertz CT molecular complexity index is 484. The molecule has 19 heavy (non-hydrogen) atoms. The van der Waals surface area contributed by atoms with E-state index in [1.807, 2.05) is 0 Å². The highest BCUT2D eigenvalue weighted by Crippen LogP contribution is 2.28. The van der Waals surface area contributed by atoms with Crippen molar-refractivity contribution in [2.75, 3.05) is 12.3 Å². The Morgan fingerprint density at radius 2 is 2.00 bits per heavy atom. The molecule has 0 spiro atoms. The molecule has 0 saturated heterocycles. The average Bonchev–Trinajstić information content (AvgIpc) is 2.87. The number of nitrogen functional groups attached to an aromatic ring is 1. The zero-order valence-electron chi connectivity index (χ0n) is 10.7. The molecule has 1 amide bonds. The van der Waals surface area contributed by atoms with Gasteiger partial charge in [-0.2, -0.15) is 5.26 Å². The first-order valence-corrected chi connectivity index (χ1v) is 6.34. The molecule has 0 atom stereocenters. The zero-order chi connectivity index (χ0) is 13.7. The summed E-state index contributed by atoms with van der Waals surface area (Å²) in [7, 11) is 0. The van der Waals surface area contributed by atoms with Gasteiger partial charge in [0.25, 0.3) is 5.91 Å². The molecule has 0 aromatic heterocycles. The maximum absolute atomic E-state index is 11.8. The van der Waals surface area contributed by atoms with Crippen molar-refractivity contribution < 1.29 is 9.53 Å². The van der Waals surface area contributed by atoms with Crippen LogP contribution in [-0.4, -0.2) is 18.1 Å². The first-order valence-electron chi connectivity index (χ1n) is 6.34. The number of nitrogens with one attached hydrogen (secondary N) is 1. The highest BCUT2D eigenvalue weighted by Gasteiger charge is 2.35. The third kappa shape index (κ3) is 3.38. The van der Waals surface area contributed by atoms with Crippen LogP contribution < -0.4 is 15.8 Å². The quantitative estimate of drug-likeness (QED) is 0.804. The van der Waals surface area contributed by atoms with Crippen molar-refractivity contribution >= 4 is 11.6 Å². The molecule has 1 aromatic rings. The summed E-state index contributed by atoms with van der Waals surface area (Å²) in [5.74, 6) is 0.321. The lowest BCUT2D eigenvalue weighted by atomic mass is 10.00. The third-order valence-electron chi connectivity index (χ3n) is 3.30. The third-order valence-corrected chi connectivity index (χ3v) is 3.30. The molecule has 1 fully saturated rings. The molecule has 1 aliphatic rings. The number of benzene rings is 1. The van der Waals surface area contributed by atoms with Gasteiger partial charge in [-0.05, 0) is 49.9 Å². The van der Waals surface area contributed by atoms with E-state index in [4.69, 9.17) is 15.7 Å². The number of ether oxygens (including phenoxy) is 1. The van der Waals surface area contributed by atoms with Crippen LogP contribution in [0.1, 0.15) is 25.7 Å². The summed E-state index contributed by atoms with van der Waals surface area (Å²) < 4.78 is 5.35. The number of nitrogens with zero attached hydrogens (tertiary/aromatic N) is 1. The molecule has 0 heterocycles. The maximum atomic E-state index is 11.8. The number of carbonyl (C=O) groups excluding carboxylic acids is 1. The minimum absolute atomic E-state index is 0.0899. The Morgan fingerprint density at radius 3 is 2.58 bits per heavy atom. The van der Waals surface area contributed by atoms with Crippen LogP contribution in [0.2, 0.25) is 0 Å². The fraction of sp³-hybridized carbons (Fsp3) is 0.429. The zero-order valence-corrected chi connectivity index (χ0v) is 10.7. The van der Waals surface area contributed by atoms with Gasteiger partial charge in [-0.1, -0.05) is 0 Å². The van der Waals surface area contributed by atoms with Crippen molar-refractivity contribution in [3.63, 3.8) is 0 Å². The number of rotatable bonds is 4. The first-order chi connectivity index (χ1) is 9.13. The van der Waals surface area contributed by atoms with Crippen molar-refractivity contribution in [2.24, 2.45) is 0 Å². The van der Waals surface area contributed by atoms with Crippen LogP contribution in [0.3, 0.4) is 0 Å². The van der Waals surface area contributed by atoms with E-state index >= 15 is 0 Å². The normalized spacial score (nSPS) is 16.6. The molecule has 3 N–H and O–H groups in total. The summed E-state index contributed by atoms with van der Waals surface area (Å²) in [6.07, 6.45) is 3.40. The van der Waals surface area contributed by atoms with Crippen LogP contribution in [0, 0.1) is 11.3 Å². The standard InChI is InChI=1S/C14H17N3O2/c15-10-14(7-1-2-8-14)17-13(18)9-19-12-5-3-11(16)4-6-12/h3-6H,1-2,7-9,16H2,(H,17,18). The van der Waals surface area contributed by atoms with Gasteiger partial charge in [0.05, 0.1) is 6.07 Å². The lowest BCUT2D eigenvalue weighted by molar-refractivity contribution is -0.124. The number of anilines is 1. The van der Waals surface area contributed by atoms with E-state index in [1.54, 1.807) is 24.3 Å². The lowest BCUT2D eigenvalue weighted by Gasteiger charge is -2.21. The SMILES string of the molecule is N#CC1(NC(=O)COc2ccc(N)cc2)CCCC1. The predicted molar refractivity (Wildman–Crippen MR) is 71.3 cm³/mol. The largest absolute Gasteiger partial charge is 0.484 e. The van der Waals surface area contributed by atoms with E-state index in [2.05, 4.69) is 11.4 Å². The van der Waals surface area contributed by atoms with Gasteiger partial charge in [-0.25, -0.2) is 0 Å². The first kappa shape index (κ1) is 13.2. The molecule has 1 aromatic carbocycles. The molecule has 1 saturated carbocycles. The van der Waals surface area contributed by atoms with E-state index < -0.39 is 5.54 Å². The molecule has 0 radical (unpaired) electrons. The fourth-order valence-corrected chi connectivity index (χ4v) is 2.26. The highest BCUT2D eigenvalue weighted by atomic mass is 16.5. The molecule has 100 valence electrons. The molecule has 0 unspecified atom stereocenters. The van der Waals surface area contributed by atoms with Gasteiger partial charge in [0, 0.05) is 5.69 Å². The van der Waals surface area contributed by atoms with Crippen LogP contribution in [0.25, 0.3) is 0 Å². The highest BCUT2D eigenvalue weighted by molar-refractivity contribution is 5.79. The van der Waals surface area contributed by atoms with Crippen LogP contribution in [0.15, 0.2) is 24.3 Å². The van der Waals surface area contributed by atoms with Gasteiger partial charge in [-0.15, -0.1) is 0 Å². The maximum Gasteiger partial charge on any atom is 0.259 e. The Balaban J connectivity index is 1.85. The number of hydrogen-bond acceptors (Lipinski definition) is 4. The molecular weight excluding hydrogens is 242 g/mol. The number of hydrogen-bond donors (Lipinski definition) is 2. The summed E-state index contributed by atoms with van der Waals surface area (Å²) in [4.78, 5) is 11.8. The molecule has 0 bridgehead atoms. The van der Waals surface area contributed by atoms with Gasteiger partial charge in [0.2, 0.25) is 0 Å². The van der Waals surface area contributed by atoms with Crippen molar-refractivity contribution in [3.8, 4) is 11.8 Å². The van der Waals surface area contributed by atoms with Crippen LogP contribution in [0.4, 0.5) is 5.69 Å². The summed E-state index contributed by atoms with van der Waals surface area (Å²) in [6.45, 7) is -0.0899. The number of amides is 1. The van der Waals surface area contributed by atoms with E-state index in [9.17, 15) is 4.79 Å². The molecule has 2 rings (SSSR count). The topological polar surface area (TPSA) is 88.1 Å². The second-order valence-electron chi connectivity index (χ2n) is 4.81. The molecule has 5 nitrogen and oxygen atoms in total. The summed E-state index contributed by atoms with van der Waals surface area (Å²) in [5, 5.41) is 11.9. The predicted octanol–water partition coefficient (Wildman–Crippen LogP) is 1.60. The Hall–Kier alpha value is -2.22. The lowest BCUT2D eigenvalue weighted by Crippen LogP contribution is -2.47. The van der Waals surface area contributed by atoms with Crippen LogP contribution in [0.5, 0.6) is 5.75 Å². The van der Waals surface area contributed by atoms with E-state index in [0.29, 0.717) is 11.4 Å². The summed E-state index contributed by atoms with van der Waals surface area (Å²) in [6, 6.07) is 9.04. The van der Waals surface area contributed by atoms with Crippen LogP contribution in [-0.2, 0) is 4.79 Å². The number of nitrogens with two attached hydrogens (primary N) is 1. The molecular formula is C14H17N3O2. The van der Waals surface area contributed by atoms with Crippen LogP contribution >= 0.6 is 0 Å². The smallest absolute Gasteiger partial charge is 0.259 e. The van der Waals surface area contributed by atoms with E-state index in [1.165, 1.54) is 0 Å². The Kier molecular flexibility index (Phi) is 3.91. The molecule has 0 aliphatic heterocycles. The van der Waals surface area contributed by atoms with Crippen molar-refractivity contribution in [1.29, 1.82) is 5.26 Å². The van der Waals surface area contributed by atoms with Gasteiger partial charge in [0.1, 0.15) is 11.3 Å². The Labute approximate surface area is 112 Å². The summed E-state index contributed by atoms with van der Waals surface area (Å²) in [5.41, 5.74) is 5.51. The minimum Gasteiger partial charge on any atom is -0.484 e. The average molecular weight is 259 g/mol. The second kappa shape index (κ2) is 5.61. The van der Waals surface area contributed by atoms with E-state index in [-0.39, 0.29) is 12.5 Å². The summed E-state index contributed by atoms with van der Waals surface area (Å²) >= 11 is 0. The molecule has 5 heteroatoms. The monoisotopic (exact) mass is 259 g/mol.